The molecule has 0 atom stereocenters. The van der Waals surface area contributed by atoms with Gasteiger partial charge in [-0.2, -0.15) is 0 Å². The third-order valence-corrected chi connectivity index (χ3v) is 3.35. The van der Waals surface area contributed by atoms with E-state index in [4.69, 9.17) is 32.7 Å². The highest BCUT2D eigenvalue weighted by atomic mass is 35.5. The van der Waals surface area contributed by atoms with Gasteiger partial charge >= 0.3 is 5.97 Å². The predicted octanol–water partition coefficient (Wildman–Crippen LogP) is 4.92. The van der Waals surface area contributed by atoms with Gasteiger partial charge < -0.3 is 9.47 Å². The smallest absolute Gasteiger partial charge is 0.338 e. The molecule has 0 saturated heterocycles. The molecule has 2 aromatic carbocycles. The fourth-order valence-corrected chi connectivity index (χ4v) is 2.36. The van der Waals surface area contributed by atoms with E-state index in [0.717, 1.165) is 5.56 Å². The van der Waals surface area contributed by atoms with Gasteiger partial charge in [0.15, 0.2) is 5.75 Å². The summed E-state index contributed by atoms with van der Waals surface area (Å²) in [6.45, 7) is 3.94. The van der Waals surface area contributed by atoms with E-state index >= 15 is 0 Å². The van der Waals surface area contributed by atoms with E-state index in [-0.39, 0.29) is 22.2 Å². The Labute approximate surface area is 139 Å². The van der Waals surface area contributed by atoms with Crippen LogP contribution in [0.3, 0.4) is 0 Å². The summed E-state index contributed by atoms with van der Waals surface area (Å²) >= 11 is 12.3. The Kier molecular flexibility index (Phi) is 5.87. The lowest BCUT2D eigenvalue weighted by Gasteiger charge is -2.11. The maximum absolute atomic E-state index is 11.8. The van der Waals surface area contributed by atoms with Crippen LogP contribution in [0.25, 0.3) is 0 Å². The maximum Gasteiger partial charge on any atom is 0.338 e. The minimum Gasteiger partial charge on any atom is -0.486 e. The van der Waals surface area contributed by atoms with Crippen LogP contribution in [0.5, 0.6) is 5.75 Å². The summed E-state index contributed by atoms with van der Waals surface area (Å²) in [7, 11) is 0. The van der Waals surface area contributed by atoms with Gasteiger partial charge in [-0.3, -0.25) is 0 Å². The fourth-order valence-electron chi connectivity index (χ4n) is 1.76. The van der Waals surface area contributed by atoms with Crippen molar-refractivity contribution < 1.29 is 14.3 Å². The zero-order valence-corrected chi connectivity index (χ0v) is 13.2. The molecular weight excluding hydrogens is 323 g/mol. The van der Waals surface area contributed by atoms with E-state index in [9.17, 15) is 4.79 Å². The SMILES string of the molecule is C=CCOC(=O)c1cc(Cl)c(OCc2ccccc2)c(Cl)c1. The van der Waals surface area contributed by atoms with Crippen molar-refractivity contribution in [3.05, 3.63) is 76.3 Å². The highest BCUT2D eigenvalue weighted by Crippen LogP contribution is 2.35. The Balaban J connectivity index is 2.13. The fraction of sp³-hybridized carbons (Fsp3) is 0.118. The molecule has 0 aliphatic carbocycles. The van der Waals surface area contributed by atoms with Crippen molar-refractivity contribution in [1.29, 1.82) is 0 Å². The monoisotopic (exact) mass is 336 g/mol. The minimum absolute atomic E-state index is 0.125. The summed E-state index contributed by atoms with van der Waals surface area (Å²) < 4.78 is 10.6. The normalized spacial score (nSPS) is 10.1. The maximum atomic E-state index is 11.8. The van der Waals surface area contributed by atoms with Crippen molar-refractivity contribution in [2.75, 3.05) is 6.61 Å². The number of hydrogen-bond acceptors (Lipinski definition) is 3. The van der Waals surface area contributed by atoms with Gasteiger partial charge in [0, 0.05) is 0 Å². The number of hydrogen-bond donors (Lipinski definition) is 0. The van der Waals surface area contributed by atoms with Crippen LogP contribution in [-0.4, -0.2) is 12.6 Å². The van der Waals surface area contributed by atoms with Crippen molar-refractivity contribution in [3.8, 4) is 5.75 Å². The van der Waals surface area contributed by atoms with Crippen molar-refractivity contribution in [2.24, 2.45) is 0 Å². The van der Waals surface area contributed by atoms with Crippen molar-refractivity contribution >= 4 is 29.2 Å². The Morgan fingerprint density at radius 1 is 1.14 bits per heavy atom. The summed E-state index contributed by atoms with van der Waals surface area (Å²) in [6, 6.07) is 12.6. The van der Waals surface area contributed by atoms with Gasteiger partial charge in [0.25, 0.3) is 0 Å². The zero-order chi connectivity index (χ0) is 15.9. The Morgan fingerprint density at radius 3 is 2.36 bits per heavy atom. The highest BCUT2D eigenvalue weighted by Gasteiger charge is 2.15. The van der Waals surface area contributed by atoms with Crippen LogP contribution >= 0.6 is 23.2 Å². The van der Waals surface area contributed by atoms with Crippen LogP contribution in [-0.2, 0) is 11.3 Å². The quantitative estimate of drug-likeness (QED) is 0.555. The lowest BCUT2D eigenvalue weighted by atomic mass is 10.2. The van der Waals surface area contributed by atoms with Crippen LogP contribution in [0.4, 0.5) is 0 Å². The van der Waals surface area contributed by atoms with E-state index in [1.54, 1.807) is 0 Å². The first-order chi connectivity index (χ1) is 10.6. The average Bonchev–Trinajstić information content (AvgIpc) is 2.52. The van der Waals surface area contributed by atoms with Crippen LogP contribution in [0.2, 0.25) is 10.0 Å². The second kappa shape index (κ2) is 7.87. The molecular formula is C17H14Cl2O3. The lowest BCUT2D eigenvalue weighted by molar-refractivity contribution is 0.0549. The standard InChI is InChI=1S/C17H14Cl2O3/c1-2-8-21-17(20)13-9-14(18)16(15(19)10-13)22-11-12-6-4-3-5-7-12/h2-7,9-10H,1,8,11H2. The summed E-state index contributed by atoms with van der Waals surface area (Å²) in [4.78, 5) is 11.8. The number of carbonyl (C=O) groups is 1. The van der Waals surface area contributed by atoms with Crippen molar-refractivity contribution in [3.63, 3.8) is 0 Å². The van der Waals surface area contributed by atoms with Crippen LogP contribution in [0.1, 0.15) is 15.9 Å². The van der Waals surface area contributed by atoms with E-state index in [0.29, 0.717) is 12.4 Å². The van der Waals surface area contributed by atoms with Gasteiger partial charge in [-0.25, -0.2) is 4.79 Å². The first-order valence-electron chi connectivity index (χ1n) is 6.55. The molecule has 3 nitrogen and oxygen atoms in total. The number of carbonyl (C=O) groups excluding carboxylic acids is 1. The molecule has 0 saturated carbocycles. The molecule has 0 fully saturated rings. The number of rotatable bonds is 6. The minimum atomic E-state index is -0.515. The largest absolute Gasteiger partial charge is 0.486 e. The average molecular weight is 337 g/mol. The van der Waals surface area contributed by atoms with Gasteiger partial charge in [0.1, 0.15) is 13.2 Å². The Bertz CT molecular complexity index is 646. The summed E-state index contributed by atoms with van der Waals surface area (Å²) in [5.41, 5.74) is 1.26. The lowest BCUT2D eigenvalue weighted by Crippen LogP contribution is -2.06. The summed E-state index contributed by atoms with van der Waals surface area (Å²) in [5.74, 6) is -0.175. The predicted molar refractivity (Wildman–Crippen MR) is 87.7 cm³/mol. The molecule has 0 N–H and O–H groups in total. The van der Waals surface area contributed by atoms with Gasteiger partial charge in [-0.1, -0.05) is 66.2 Å². The van der Waals surface area contributed by atoms with Gasteiger partial charge in [0.05, 0.1) is 15.6 Å². The van der Waals surface area contributed by atoms with E-state index in [1.165, 1.54) is 18.2 Å². The number of esters is 1. The molecule has 2 aromatic rings. The van der Waals surface area contributed by atoms with Crippen molar-refractivity contribution in [2.45, 2.75) is 6.61 Å². The van der Waals surface area contributed by atoms with Crippen LogP contribution in [0, 0.1) is 0 Å². The molecule has 0 bridgehead atoms. The third kappa shape index (κ3) is 4.26. The van der Waals surface area contributed by atoms with Gasteiger partial charge in [-0.05, 0) is 17.7 Å². The molecule has 0 heterocycles. The number of benzene rings is 2. The second-order valence-electron chi connectivity index (χ2n) is 4.43. The molecule has 0 amide bonds. The van der Waals surface area contributed by atoms with E-state index in [2.05, 4.69) is 6.58 Å². The second-order valence-corrected chi connectivity index (χ2v) is 5.24. The van der Waals surface area contributed by atoms with Crippen LogP contribution in [0.15, 0.2) is 55.1 Å². The number of ether oxygens (including phenoxy) is 2. The zero-order valence-electron chi connectivity index (χ0n) is 11.7. The molecule has 5 heteroatoms. The topological polar surface area (TPSA) is 35.5 Å². The van der Waals surface area contributed by atoms with Crippen LogP contribution < -0.4 is 4.74 Å². The molecule has 0 spiro atoms. The molecule has 0 aliphatic rings. The van der Waals surface area contributed by atoms with E-state index < -0.39 is 5.97 Å². The number of halogens is 2. The first kappa shape index (κ1) is 16.4. The molecule has 114 valence electrons. The molecule has 22 heavy (non-hydrogen) atoms. The Morgan fingerprint density at radius 2 is 1.77 bits per heavy atom. The van der Waals surface area contributed by atoms with E-state index in [1.807, 2.05) is 30.3 Å². The van der Waals surface area contributed by atoms with Crippen molar-refractivity contribution in [1.82, 2.24) is 0 Å². The summed E-state index contributed by atoms with van der Waals surface area (Å²) in [5, 5.41) is 0.517. The molecule has 0 aromatic heterocycles. The van der Waals surface area contributed by atoms with Gasteiger partial charge in [0.2, 0.25) is 0 Å². The molecule has 0 aliphatic heterocycles. The first-order valence-corrected chi connectivity index (χ1v) is 7.31. The molecule has 0 unspecified atom stereocenters. The molecule has 0 radical (unpaired) electrons. The third-order valence-electron chi connectivity index (χ3n) is 2.79. The molecule has 2 rings (SSSR count). The summed E-state index contributed by atoms with van der Waals surface area (Å²) in [6.07, 6.45) is 1.48. The Hall–Kier alpha value is -1.97. The highest BCUT2D eigenvalue weighted by molar-refractivity contribution is 6.37. The van der Waals surface area contributed by atoms with Gasteiger partial charge in [-0.15, -0.1) is 0 Å².